The van der Waals surface area contributed by atoms with Gasteiger partial charge in [-0.05, 0) is 0 Å². The van der Waals surface area contributed by atoms with Crippen LogP contribution in [-0.4, -0.2) is 11.9 Å². The van der Waals surface area contributed by atoms with Crippen molar-refractivity contribution in [3.63, 3.8) is 0 Å². The van der Waals surface area contributed by atoms with Gasteiger partial charge in [0, 0.05) is 23.6 Å². The zero-order chi connectivity index (χ0) is 7.98. The first-order valence-electron chi connectivity index (χ1n) is 2.01. The molecule has 0 aromatic carbocycles. The minimum Gasteiger partial charge on any atom is -0.366 e. The fourth-order valence-electron chi connectivity index (χ4n) is 0.136. The second-order valence-electron chi connectivity index (χ2n) is 1.09. The molecule has 0 rings (SSSR count). The zero-order valence-electron chi connectivity index (χ0n) is 4.70. The largest absolute Gasteiger partial charge is 0.366 e. The number of hydrogen-bond acceptors (Lipinski definition) is 2. The van der Waals surface area contributed by atoms with E-state index >= 15 is 0 Å². The summed E-state index contributed by atoms with van der Waals surface area (Å²) in [6.07, 6.45) is 0. The van der Waals surface area contributed by atoms with Crippen molar-refractivity contribution in [3.8, 4) is 0 Å². The molecule has 0 amide bonds. The van der Waals surface area contributed by atoms with Crippen molar-refractivity contribution >= 4 is 35.5 Å². The third kappa shape index (κ3) is 4.04. The van der Waals surface area contributed by atoms with Crippen molar-refractivity contribution in [1.82, 2.24) is 0 Å². The van der Waals surface area contributed by atoms with Gasteiger partial charge in [0.2, 0.25) is 0 Å². The minimum absolute atomic E-state index is 0.218. The number of rotatable bonds is 0. The maximum Gasteiger partial charge on any atom is 0.252 e. The van der Waals surface area contributed by atoms with E-state index in [4.69, 9.17) is 35.0 Å². The Balaban J connectivity index is 4.01. The highest BCUT2D eigenvalue weighted by molar-refractivity contribution is 6.20. The lowest BCUT2D eigenvalue weighted by molar-refractivity contribution is 1.27. The molecule has 0 fully saturated rings. The SMILES string of the molecule is NC(=N/Cl)/N=N/C(N)=N/Cl. The fraction of sp³-hybridized carbons (Fsp3) is 0. The average molecular weight is 183 g/mol. The van der Waals surface area contributed by atoms with Crippen molar-refractivity contribution in [2.24, 2.45) is 30.7 Å². The maximum atomic E-state index is 4.98. The number of azo groups is 1. The average Bonchev–Trinajstić information content (AvgIpc) is 1.99. The van der Waals surface area contributed by atoms with E-state index in [1.165, 1.54) is 0 Å². The van der Waals surface area contributed by atoms with Crippen LogP contribution in [0.1, 0.15) is 0 Å². The molecule has 0 atom stereocenters. The standard InChI is InChI=1S/C2H4Cl2N6/c3-7-1(5)9-10-2(6)8-4/h(H2,5,7)(H2,6,8)/b10-9+. The molecular formula is C2H4Cl2N6. The van der Waals surface area contributed by atoms with Gasteiger partial charge in [-0.3, -0.25) is 0 Å². The van der Waals surface area contributed by atoms with Gasteiger partial charge in [0.05, 0.1) is 0 Å². The summed E-state index contributed by atoms with van der Waals surface area (Å²) in [6.45, 7) is 0. The van der Waals surface area contributed by atoms with Crippen molar-refractivity contribution in [3.05, 3.63) is 0 Å². The van der Waals surface area contributed by atoms with Crippen molar-refractivity contribution in [2.75, 3.05) is 0 Å². The molecule has 4 N–H and O–H groups in total. The predicted octanol–water partition coefficient (Wildman–Crippen LogP) is 0.376. The van der Waals surface area contributed by atoms with Crippen LogP contribution in [0.25, 0.3) is 0 Å². The minimum atomic E-state index is -0.218. The van der Waals surface area contributed by atoms with Gasteiger partial charge in [-0.1, -0.05) is 0 Å². The summed E-state index contributed by atoms with van der Waals surface area (Å²) in [6, 6.07) is 0. The maximum absolute atomic E-state index is 4.98. The van der Waals surface area contributed by atoms with Crippen molar-refractivity contribution in [1.29, 1.82) is 0 Å². The number of halogens is 2. The van der Waals surface area contributed by atoms with E-state index in [1.807, 2.05) is 0 Å². The third-order valence-electron chi connectivity index (χ3n) is 0.428. The predicted molar refractivity (Wildman–Crippen MR) is 39.8 cm³/mol. The van der Waals surface area contributed by atoms with E-state index in [9.17, 15) is 0 Å². The second kappa shape index (κ2) is 4.95. The molecular weight excluding hydrogens is 179 g/mol. The smallest absolute Gasteiger partial charge is 0.252 e. The van der Waals surface area contributed by atoms with Crippen LogP contribution in [0.2, 0.25) is 0 Å². The Bertz CT molecular complexity index is 162. The highest BCUT2D eigenvalue weighted by Gasteiger charge is 1.86. The third-order valence-corrected chi connectivity index (χ3v) is 0.774. The summed E-state index contributed by atoms with van der Waals surface area (Å²) >= 11 is 9.75. The van der Waals surface area contributed by atoms with Crippen LogP contribution < -0.4 is 11.5 Å². The Labute approximate surface area is 66.9 Å². The second-order valence-corrected chi connectivity index (χ2v) is 1.42. The molecule has 8 heteroatoms. The van der Waals surface area contributed by atoms with Crippen LogP contribution in [0.15, 0.2) is 19.3 Å². The van der Waals surface area contributed by atoms with Crippen LogP contribution in [-0.2, 0) is 0 Å². The molecule has 0 aliphatic heterocycles. The van der Waals surface area contributed by atoms with E-state index in [2.05, 4.69) is 19.3 Å². The van der Waals surface area contributed by atoms with E-state index in [0.29, 0.717) is 0 Å². The van der Waals surface area contributed by atoms with Gasteiger partial charge in [0.15, 0.2) is 0 Å². The molecule has 0 aromatic heterocycles. The van der Waals surface area contributed by atoms with E-state index in [1.54, 1.807) is 0 Å². The van der Waals surface area contributed by atoms with E-state index < -0.39 is 0 Å². The number of nitrogens with zero attached hydrogens (tertiary/aromatic N) is 4. The fourth-order valence-corrected chi connectivity index (χ4v) is 0.204. The molecule has 0 aromatic rings. The highest BCUT2D eigenvalue weighted by Crippen LogP contribution is 1.82. The highest BCUT2D eigenvalue weighted by atomic mass is 35.5. The number of nitrogens with two attached hydrogens (primary N) is 2. The van der Waals surface area contributed by atoms with Gasteiger partial charge in [0.25, 0.3) is 11.9 Å². The molecule has 10 heavy (non-hydrogen) atoms. The van der Waals surface area contributed by atoms with Gasteiger partial charge in [-0.15, -0.1) is 19.3 Å². The van der Waals surface area contributed by atoms with Gasteiger partial charge in [-0.25, -0.2) is 0 Å². The van der Waals surface area contributed by atoms with Crippen molar-refractivity contribution < 1.29 is 0 Å². The number of guanidine groups is 2. The lowest BCUT2D eigenvalue weighted by Gasteiger charge is -1.84. The quantitative estimate of drug-likeness (QED) is 0.322. The lowest BCUT2D eigenvalue weighted by Crippen LogP contribution is -2.10. The monoisotopic (exact) mass is 182 g/mol. The molecule has 0 aliphatic carbocycles. The van der Waals surface area contributed by atoms with Crippen LogP contribution >= 0.6 is 23.6 Å². The van der Waals surface area contributed by atoms with Crippen LogP contribution in [0.5, 0.6) is 0 Å². The number of hydrogen-bond donors (Lipinski definition) is 2. The molecule has 0 radical (unpaired) electrons. The molecule has 0 saturated carbocycles. The van der Waals surface area contributed by atoms with Gasteiger partial charge < -0.3 is 11.5 Å². The van der Waals surface area contributed by atoms with Crippen LogP contribution in [0, 0.1) is 0 Å². The summed E-state index contributed by atoms with van der Waals surface area (Å²) < 4.78 is 5.89. The summed E-state index contributed by atoms with van der Waals surface area (Å²) in [5.74, 6) is -0.435. The van der Waals surface area contributed by atoms with E-state index in [0.717, 1.165) is 0 Å². The molecule has 0 heterocycles. The first-order chi connectivity index (χ1) is 4.70. The normalized spacial score (nSPS) is 14.6. The zero-order valence-corrected chi connectivity index (χ0v) is 6.21. The molecule has 0 aliphatic rings. The first kappa shape index (κ1) is 9.12. The Morgan fingerprint density at radius 2 is 1.20 bits per heavy atom. The summed E-state index contributed by atoms with van der Waals surface area (Å²) in [7, 11) is 0. The molecule has 0 saturated heterocycles. The topological polar surface area (TPSA) is 101 Å². The Kier molecular flexibility index (Phi) is 4.51. The Hall–Kier alpha value is -0.880. The Morgan fingerprint density at radius 1 is 0.900 bits per heavy atom. The molecule has 56 valence electrons. The van der Waals surface area contributed by atoms with Crippen molar-refractivity contribution in [2.45, 2.75) is 0 Å². The van der Waals surface area contributed by atoms with Gasteiger partial charge in [-0.2, -0.15) is 0 Å². The summed E-state index contributed by atoms with van der Waals surface area (Å²) in [5.41, 5.74) is 9.96. The van der Waals surface area contributed by atoms with Crippen LogP contribution in [0.3, 0.4) is 0 Å². The summed E-state index contributed by atoms with van der Waals surface area (Å²) in [4.78, 5) is 0. The van der Waals surface area contributed by atoms with Gasteiger partial charge >= 0.3 is 0 Å². The molecule has 0 bridgehead atoms. The van der Waals surface area contributed by atoms with E-state index in [-0.39, 0.29) is 11.9 Å². The molecule has 0 spiro atoms. The molecule has 0 unspecified atom stereocenters. The first-order valence-corrected chi connectivity index (χ1v) is 2.69. The molecule has 6 nitrogen and oxygen atoms in total. The van der Waals surface area contributed by atoms with Crippen LogP contribution in [0.4, 0.5) is 0 Å². The Morgan fingerprint density at radius 3 is 1.40 bits per heavy atom. The summed E-state index contributed by atoms with van der Waals surface area (Å²) in [5, 5.41) is 6.39. The van der Waals surface area contributed by atoms with Gasteiger partial charge in [0.1, 0.15) is 0 Å². The lowest BCUT2D eigenvalue weighted by atomic mass is 11.1.